The molecule has 1 aromatic heterocycles. The lowest BCUT2D eigenvalue weighted by molar-refractivity contribution is 0.115. The molecule has 1 fully saturated rings. The van der Waals surface area contributed by atoms with Gasteiger partial charge >= 0.3 is 0 Å². The van der Waals surface area contributed by atoms with E-state index in [4.69, 9.17) is 11.6 Å². The highest BCUT2D eigenvalue weighted by atomic mass is 35.5. The van der Waals surface area contributed by atoms with Gasteiger partial charge in [-0.05, 0) is 44.0 Å². The Balaban J connectivity index is 2.01. The van der Waals surface area contributed by atoms with Crippen LogP contribution >= 0.6 is 11.6 Å². The van der Waals surface area contributed by atoms with E-state index in [1.165, 1.54) is 0 Å². The first-order valence-corrected chi connectivity index (χ1v) is 7.89. The molecule has 114 valence electrons. The number of hydrogen-bond acceptors (Lipinski definition) is 4. The highest BCUT2D eigenvalue weighted by Crippen LogP contribution is 2.28. The number of halogens is 1. The highest BCUT2D eigenvalue weighted by Gasteiger charge is 2.24. The molecule has 1 saturated heterocycles. The molecule has 2 aromatic rings. The number of nitrogens with zero attached hydrogens (tertiary/aromatic N) is 3. The number of anilines is 1. The Hall–Kier alpha value is -1.83. The second kappa shape index (κ2) is 6.12. The maximum absolute atomic E-state index is 9.83. The number of benzene rings is 1. The van der Waals surface area contributed by atoms with E-state index >= 15 is 0 Å². The van der Waals surface area contributed by atoms with E-state index in [0.717, 1.165) is 42.7 Å². The van der Waals surface area contributed by atoms with E-state index in [-0.39, 0.29) is 12.0 Å². The minimum atomic E-state index is -0.322. The van der Waals surface area contributed by atoms with Gasteiger partial charge in [0.15, 0.2) is 0 Å². The molecule has 1 N–H and O–H groups in total. The molecular weight excluding hydrogens is 298 g/mol. The van der Waals surface area contributed by atoms with E-state index < -0.39 is 0 Å². The fourth-order valence-corrected chi connectivity index (χ4v) is 3.22. The van der Waals surface area contributed by atoms with Gasteiger partial charge in [0.25, 0.3) is 0 Å². The van der Waals surface area contributed by atoms with Crippen LogP contribution < -0.4 is 4.90 Å². The van der Waals surface area contributed by atoms with E-state index in [9.17, 15) is 10.4 Å². The number of pyridine rings is 1. The summed E-state index contributed by atoms with van der Waals surface area (Å²) < 4.78 is 0. The van der Waals surface area contributed by atoms with Gasteiger partial charge in [-0.2, -0.15) is 5.26 Å². The number of rotatable bonds is 2. The molecule has 1 aromatic carbocycles. The lowest BCUT2D eigenvalue weighted by Crippen LogP contribution is -2.40. The molecule has 0 radical (unpaired) electrons. The molecule has 22 heavy (non-hydrogen) atoms. The van der Waals surface area contributed by atoms with Crippen LogP contribution in [0.2, 0.25) is 5.02 Å². The number of fused-ring (bicyclic) bond motifs is 1. The average molecular weight is 316 g/mol. The summed E-state index contributed by atoms with van der Waals surface area (Å²) in [6.45, 7) is 3.51. The van der Waals surface area contributed by atoms with Crippen LogP contribution in [0.15, 0.2) is 24.3 Å². The number of hydrogen-bond donors (Lipinski definition) is 1. The first-order valence-electron chi connectivity index (χ1n) is 7.52. The van der Waals surface area contributed by atoms with Gasteiger partial charge in [-0.1, -0.05) is 11.6 Å². The summed E-state index contributed by atoms with van der Waals surface area (Å²) in [5, 5.41) is 20.6. The summed E-state index contributed by atoms with van der Waals surface area (Å²) >= 11 is 6.01. The van der Waals surface area contributed by atoms with Crippen molar-refractivity contribution in [1.29, 1.82) is 5.26 Å². The molecule has 0 bridgehead atoms. The second-order valence-electron chi connectivity index (χ2n) is 5.89. The van der Waals surface area contributed by atoms with Crippen LogP contribution in [-0.4, -0.2) is 29.3 Å². The van der Waals surface area contributed by atoms with Crippen LogP contribution in [0, 0.1) is 17.2 Å². The lowest BCUT2D eigenvalue weighted by Gasteiger charge is -2.35. The van der Waals surface area contributed by atoms with Crippen molar-refractivity contribution in [3.63, 3.8) is 0 Å². The monoisotopic (exact) mass is 315 g/mol. The van der Waals surface area contributed by atoms with Crippen molar-refractivity contribution in [2.45, 2.75) is 25.9 Å². The largest absolute Gasteiger partial charge is 0.393 e. The van der Waals surface area contributed by atoms with Crippen molar-refractivity contribution in [3.8, 4) is 6.07 Å². The zero-order valence-corrected chi connectivity index (χ0v) is 13.2. The van der Waals surface area contributed by atoms with Gasteiger partial charge in [-0.25, -0.2) is 4.98 Å². The van der Waals surface area contributed by atoms with Gasteiger partial charge in [-0.15, -0.1) is 0 Å². The van der Waals surface area contributed by atoms with Crippen molar-refractivity contribution < 1.29 is 5.11 Å². The van der Waals surface area contributed by atoms with Crippen molar-refractivity contribution in [1.82, 2.24) is 4.98 Å². The molecule has 5 heteroatoms. The van der Waals surface area contributed by atoms with Crippen LogP contribution in [-0.2, 0) is 0 Å². The van der Waals surface area contributed by atoms with Crippen LogP contribution in [0.1, 0.15) is 25.3 Å². The third kappa shape index (κ3) is 2.87. The Bertz CT molecular complexity index is 738. The fraction of sp³-hybridized carbons (Fsp3) is 0.412. The summed E-state index contributed by atoms with van der Waals surface area (Å²) in [5.41, 5.74) is 1.36. The van der Waals surface area contributed by atoms with Crippen molar-refractivity contribution in [2.75, 3.05) is 18.0 Å². The van der Waals surface area contributed by atoms with Gasteiger partial charge in [0.2, 0.25) is 0 Å². The number of aromatic nitrogens is 1. The molecular formula is C17H18ClN3O. The van der Waals surface area contributed by atoms with Crippen molar-refractivity contribution >= 4 is 28.3 Å². The van der Waals surface area contributed by atoms with Gasteiger partial charge in [0.05, 0.1) is 23.3 Å². The van der Waals surface area contributed by atoms with Crippen LogP contribution in [0.5, 0.6) is 0 Å². The molecule has 4 nitrogen and oxygen atoms in total. The Morgan fingerprint density at radius 3 is 3.00 bits per heavy atom. The highest BCUT2D eigenvalue weighted by molar-refractivity contribution is 6.31. The molecule has 0 aliphatic carbocycles. The second-order valence-corrected chi connectivity index (χ2v) is 6.33. The first kappa shape index (κ1) is 15.1. The van der Waals surface area contributed by atoms with Crippen LogP contribution in [0.25, 0.3) is 10.9 Å². The first-order chi connectivity index (χ1) is 10.6. The maximum Gasteiger partial charge on any atom is 0.130 e. The topological polar surface area (TPSA) is 60.1 Å². The number of nitriles is 1. The van der Waals surface area contributed by atoms with Gasteiger partial charge in [-0.3, -0.25) is 0 Å². The molecule has 1 aliphatic heterocycles. The normalized spacial score (nSPS) is 19.9. The summed E-state index contributed by atoms with van der Waals surface area (Å²) in [6, 6.07) is 9.47. The third-order valence-corrected chi connectivity index (χ3v) is 4.58. The van der Waals surface area contributed by atoms with E-state index in [0.29, 0.717) is 10.6 Å². The maximum atomic E-state index is 9.83. The molecule has 1 aliphatic rings. The average Bonchev–Trinajstić information content (AvgIpc) is 2.54. The predicted molar refractivity (Wildman–Crippen MR) is 88.1 cm³/mol. The van der Waals surface area contributed by atoms with E-state index in [2.05, 4.69) is 16.0 Å². The summed E-state index contributed by atoms with van der Waals surface area (Å²) in [6.07, 6.45) is 1.73. The number of aliphatic hydroxyl groups excluding tert-OH is 1. The predicted octanol–water partition coefficient (Wildman–Crippen LogP) is 3.36. The lowest BCUT2D eigenvalue weighted by atomic mass is 9.93. The summed E-state index contributed by atoms with van der Waals surface area (Å²) in [4.78, 5) is 6.84. The Morgan fingerprint density at radius 1 is 1.45 bits per heavy atom. The molecule has 0 saturated carbocycles. The van der Waals surface area contributed by atoms with Crippen molar-refractivity contribution in [2.24, 2.45) is 5.92 Å². The van der Waals surface area contributed by atoms with Gasteiger partial charge < -0.3 is 10.0 Å². The summed E-state index contributed by atoms with van der Waals surface area (Å²) in [7, 11) is 0. The minimum Gasteiger partial charge on any atom is -0.393 e. The van der Waals surface area contributed by atoms with E-state index in [1.54, 1.807) is 12.1 Å². The third-order valence-electron chi connectivity index (χ3n) is 4.34. The quantitative estimate of drug-likeness (QED) is 0.923. The Labute approximate surface area is 134 Å². The van der Waals surface area contributed by atoms with E-state index in [1.807, 2.05) is 19.1 Å². The fourth-order valence-electron chi connectivity index (χ4n) is 3.05. The molecule has 3 rings (SSSR count). The molecule has 0 amide bonds. The number of aliphatic hydroxyl groups is 1. The minimum absolute atomic E-state index is 0.252. The van der Waals surface area contributed by atoms with Gasteiger partial charge in [0, 0.05) is 29.4 Å². The molecule has 2 heterocycles. The zero-order chi connectivity index (χ0) is 15.7. The zero-order valence-electron chi connectivity index (χ0n) is 12.5. The SMILES string of the molecule is CC(O)C1CCCN(c2cc(C#N)c3cc(Cl)ccc3n2)C1. The van der Waals surface area contributed by atoms with Gasteiger partial charge in [0.1, 0.15) is 5.82 Å². The van der Waals surface area contributed by atoms with Crippen LogP contribution in [0.4, 0.5) is 5.82 Å². The number of piperidine rings is 1. The van der Waals surface area contributed by atoms with Crippen LogP contribution in [0.3, 0.4) is 0 Å². The Kier molecular flexibility index (Phi) is 4.19. The van der Waals surface area contributed by atoms with Crippen molar-refractivity contribution in [3.05, 3.63) is 34.9 Å². The molecule has 2 atom stereocenters. The molecule has 0 spiro atoms. The Morgan fingerprint density at radius 2 is 2.27 bits per heavy atom. The molecule has 2 unspecified atom stereocenters. The smallest absolute Gasteiger partial charge is 0.130 e. The standard InChI is InChI=1S/C17H18ClN3O/c1-11(22)12-3-2-6-21(10-12)17-7-13(9-19)15-8-14(18)4-5-16(15)20-17/h4-5,7-8,11-12,22H,2-3,6,10H2,1H3. The summed E-state index contributed by atoms with van der Waals surface area (Å²) in [5.74, 6) is 1.05.